The van der Waals surface area contributed by atoms with E-state index in [-0.39, 0.29) is 17.8 Å². The highest BCUT2D eigenvalue weighted by Crippen LogP contribution is 2.47. The highest BCUT2D eigenvalue weighted by Gasteiger charge is 2.40. The van der Waals surface area contributed by atoms with E-state index in [4.69, 9.17) is 27.9 Å². The number of carbonyl (C=O) groups excluding carboxylic acids is 2. The Kier molecular flexibility index (Phi) is 5.75. The molecule has 0 spiro atoms. The topological polar surface area (TPSA) is 67.4 Å². The average Bonchev–Trinajstić information content (AvgIpc) is 2.83. The van der Waals surface area contributed by atoms with Crippen molar-refractivity contribution in [1.29, 1.82) is 0 Å². The van der Waals surface area contributed by atoms with Crippen LogP contribution in [0.1, 0.15) is 55.6 Å². The lowest BCUT2D eigenvalue weighted by Gasteiger charge is -2.34. The molecular formula is C24H24Cl2N2O3. The Morgan fingerprint density at radius 2 is 1.97 bits per heavy atom. The van der Waals surface area contributed by atoms with Gasteiger partial charge in [-0.3, -0.25) is 4.79 Å². The molecule has 7 heteroatoms. The largest absolute Gasteiger partial charge is 0.462 e. The Morgan fingerprint density at radius 3 is 2.68 bits per heavy atom. The predicted molar refractivity (Wildman–Crippen MR) is 124 cm³/mol. The van der Waals surface area contributed by atoms with Crippen molar-refractivity contribution in [2.45, 2.75) is 39.7 Å². The number of para-hydroxylation sites is 1. The Balaban J connectivity index is 1.92. The first-order valence-electron chi connectivity index (χ1n) is 10.2. The highest BCUT2D eigenvalue weighted by molar-refractivity contribution is 6.35. The molecule has 2 N–H and O–H groups in total. The van der Waals surface area contributed by atoms with Gasteiger partial charge in [-0.15, -0.1) is 0 Å². The number of esters is 1. The first-order chi connectivity index (χ1) is 14.7. The van der Waals surface area contributed by atoms with Gasteiger partial charge < -0.3 is 15.4 Å². The van der Waals surface area contributed by atoms with Crippen LogP contribution < -0.4 is 10.6 Å². The minimum Gasteiger partial charge on any atom is -0.462 e. The SMILES string of the molecule is CCOC(=O)c1cccc2c1NC(c1ccc(Cl)cc1Cl)C1=C(CC(C)(C)CC1=O)N2. The van der Waals surface area contributed by atoms with Gasteiger partial charge in [0, 0.05) is 27.7 Å². The Bertz CT molecular complexity index is 1110. The monoisotopic (exact) mass is 458 g/mol. The molecular weight excluding hydrogens is 435 g/mol. The fraction of sp³-hybridized carbons (Fsp3) is 0.333. The van der Waals surface area contributed by atoms with Gasteiger partial charge in [0.1, 0.15) is 0 Å². The van der Waals surface area contributed by atoms with E-state index in [1.165, 1.54) is 0 Å². The standard InChI is InChI=1S/C24H24Cl2N2O3/c1-4-31-23(30)15-6-5-7-17-21(15)28-22(14-9-8-13(25)10-16(14)26)20-18(27-17)11-24(2,3)12-19(20)29/h5-10,22,27-28H,4,11-12H2,1-3H3. The zero-order chi connectivity index (χ0) is 22.3. The van der Waals surface area contributed by atoms with Crippen LogP contribution >= 0.6 is 23.2 Å². The molecule has 1 aliphatic carbocycles. The summed E-state index contributed by atoms with van der Waals surface area (Å²) in [5.41, 5.74) is 3.71. The smallest absolute Gasteiger partial charge is 0.340 e. The molecule has 2 aliphatic rings. The fourth-order valence-corrected chi connectivity index (χ4v) is 4.84. The van der Waals surface area contributed by atoms with E-state index < -0.39 is 12.0 Å². The van der Waals surface area contributed by atoms with Crippen LogP contribution in [-0.4, -0.2) is 18.4 Å². The number of Topliss-reactive ketones (excluding diaryl/α,β-unsaturated/α-hetero) is 1. The number of hydrogen-bond acceptors (Lipinski definition) is 5. The summed E-state index contributed by atoms with van der Waals surface area (Å²) >= 11 is 12.7. The van der Waals surface area contributed by atoms with Crippen LogP contribution in [0.15, 0.2) is 47.7 Å². The maximum Gasteiger partial charge on any atom is 0.340 e. The maximum absolute atomic E-state index is 13.3. The van der Waals surface area contributed by atoms with Crippen molar-refractivity contribution in [2.75, 3.05) is 17.2 Å². The molecule has 31 heavy (non-hydrogen) atoms. The van der Waals surface area contributed by atoms with Gasteiger partial charge in [0.25, 0.3) is 0 Å². The number of benzene rings is 2. The second kappa shape index (κ2) is 8.21. The van der Waals surface area contributed by atoms with Crippen LogP contribution in [0.4, 0.5) is 11.4 Å². The Labute approximate surface area is 191 Å². The summed E-state index contributed by atoms with van der Waals surface area (Å²) in [7, 11) is 0. The van der Waals surface area contributed by atoms with Crippen LogP contribution in [-0.2, 0) is 9.53 Å². The molecule has 0 aromatic heterocycles. The molecule has 0 radical (unpaired) electrons. The van der Waals surface area contributed by atoms with E-state index in [0.29, 0.717) is 39.7 Å². The van der Waals surface area contributed by atoms with E-state index in [0.717, 1.165) is 16.9 Å². The van der Waals surface area contributed by atoms with E-state index in [1.807, 2.05) is 12.1 Å². The molecule has 1 atom stereocenters. The average molecular weight is 459 g/mol. The van der Waals surface area contributed by atoms with Gasteiger partial charge in [-0.05, 0) is 48.6 Å². The quantitative estimate of drug-likeness (QED) is 0.521. The minimum absolute atomic E-state index is 0.0488. The van der Waals surface area contributed by atoms with Gasteiger partial charge >= 0.3 is 5.97 Å². The van der Waals surface area contributed by atoms with Gasteiger partial charge in [-0.1, -0.05) is 49.2 Å². The first kappa shape index (κ1) is 21.7. The Hall–Kier alpha value is -2.50. The third-order valence-corrected chi connectivity index (χ3v) is 6.18. The van der Waals surface area contributed by atoms with Crippen LogP contribution in [0.3, 0.4) is 0 Å². The zero-order valence-corrected chi connectivity index (χ0v) is 19.2. The second-order valence-electron chi connectivity index (χ2n) is 8.65. The third kappa shape index (κ3) is 4.17. The summed E-state index contributed by atoms with van der Waals surface area (Å²) in [6.07, 6.45) is 1.12. The predicted octanol–water partition coefficient (Wildman–Crippen LogP) is 6.39. The number of nitrogens with one attached hydrogen (secondary N) is 2. The van der Waals surface area contributed by atoms with Gasteiger partial charge in [0.2, 0.25) is 0 Å². The molecule has 2 aromatic rings. The van der Waals surface area contributed by atoms with Crippen molar-refractivity contribution in [2.24, 2.45) is 5.41 Å². The molecule has 1 aliphatic heterocycles. The summed E-state index contributed by atoms with van der Waals surface area (Å²) in [4.78, 5) is 26.0. The third-order valence-electron chi connectivity index (χ3n) is 5.62. The number of allylic oxidation sites excluding steroid dienone is 1. The molecule has 5 nitrogen and oxygen atoms in total. The van der Waals surface area contributed by atoms with Gasteiger partial charge in [0.15, 0.2) is 5.78 Å². The first-order valence-corrected chi connectivity index (χ1v) is 11.0. The molecule has 0 bridgehead atoms. The molecule has 2 aromatic carbocycles. The normalized spacial score (nSPS) is 19.5. The van der Waals surface area contributed by atoms with Gasteiger partial charge in [-0.25, -0.2) is 4.79 Å². The molecule has 162 valence electrons. The minimum atomic E-state index is -0.535. The van der Waals surface area contributed by atoms with Crippen molar-refractivity contribution in [1.82, 2.24) is 0 Å². The number of rotatable bonds is 3. The summed E-state index contributed by atoms with van der Waals surface area (Å²) in [5.74, 6) is -0.381. The highest BCUT2D eigenvalue weighted by atomic mass is 35.5. The van der Waals surface area contributed by atoms with Crippen molar-refractivity contribution in [3.8, 4) is 0 Å². The zero-order valence-electron chi connectivity index (χ0n) is 17.6. The number of ketones is 1. The summed E-state index contributed by atoms with van der Waals surface area (Å²) in [6, 6.07) is 10.1. The lowest BCUT2D eigenvalue weighted by atomic mass is 9.73. The number of halogens is 2. The number of fused-ring (bicyclic) bond motifs is 1. The van der Waals surface area contributed by atoms with E-state index in [1.54, 1.807) is 31.2 Å². The van der Waals surface area contributed by atoms with E-state index >= 15 is 0 Å². The van der Waals surface area contributed by atoms with E-state index in [2.05, 4.69) is 24.5 Å². The van der Waals surface area contributed by atoms with Crippen LogP contribution in [0.25, 0.3) is 0 Å². The number of anilines is 2. The van der Waals surface area contributed by atoms with Crippen molar-refractivity contribution >= 4 is 46.3 Å². The molecule has 4 rings (SSSR count). The van der Waals surface area contributed by atoms with E-state index in [9.17, 15) is 9.59 Å². The lowest BCUT2D eigenvalue weighted by Crippen LogP contribution is -2.31. The second-order valence-corrected chi connectivity index (χ2v) is 9.49. The van der Waals surface area contributed by atoms with Crippen molar-refractivity contribution < 1.29 is 14.3 Å². The van der Waals surface area contributed by atoms with Crippen LogP contribution in [0.5, 0.6) is 0 Å². The summed E-state index contributed by atoms with van der Waals surface area (Å²) in [6.45, 7) is 6.19. The summed E-state index contributed by atoms with van der Waals surface area (Å²) in [5, 5.41) is 7.83. The maximum atomic E-state index is 13.3. The van der Waals surface area contributed by atoms with Gasteiger partial charge in [0.05, 0.1) is 29.6 Å². The van der Waals surface area contributed by atoms with Crippen molar-refractivity contribution in [3.05, 3.63) is 68.8 Å². The number of ether oxygens (including phenoxy) is 1. The number of carbonyl (C=O) groups is 2. The molecule has 1 heterocycles. The number of hydrogen-bond donors (Lipinski definition) is 2. The van der Waals surface area contributed by atoms with Gasteiger partial charge in [-0.2, -0.15) is 0 Å². The summed E-state index contributed by atoms with van der Waals surface area (Å²) < 4.78 is 5.26. The molecule has 0 amide bonds. The van der Waals surface area contributed by atoms with Crippen LogP contribution in [0.2, 0.25) is 10.0 Å². The lowest BCUT2D eigenvalue weighted by molar-refractivity contribution is -0.118. The molecule has 0 fully saturated rings. The van der Waals surface area contributed by atoms with Crippen LogP contribution in [0, 0.1) is 5.41 Å². The molecule has 0 saturated carbocycles. The molecule has 0 saturated heterocycles. The van der Waals surface area contributed by atoms with Crippen molar-refractivity contribution in [3.63, 3.8) is 0 Å². The fourth-order valence-electron chi connectivity index (χ4n) is 4.32. The molecule has 1 unspecified atom stereocenters. The Morgan fingerprint density at radius 1 is 1.19 bits per heavy atom.